The Morgan fingerprint density at radius 1 is 0.867 bits per heavy atom. The molecule has 0 fully saturated rings. The summed E-state index contributed by atoms with van der Waals surface area (Å²) in [5, 5.41) is 12.4. The quantitative estimate of drug-likeness (QED) is 0.174. The topological polar surface area (TPSA) is 83.2 Å². The first-order valence-electron chi connectivity index (χ1n) is 14.9. The monoisotopic (exact) mass is 638 g/mol. The number of anilines is 2. The maximum atomic E-state index is 15.9. The maximum Gasteiger partial charge on any atom is 0.336 e. The van der Waals surface area contributed by atoms with Crippen molar-refractivity contribution in [2.45, 2.75) is 30.5 Å². The molecule has 4 aromatic carbocycles. The Bertz CT molecular complexity index is 2060. The Morgan fingerprint density at radius 2 is 1.49 bits per heavy atom. The lowest BCUT2D eigenvalue weighted by molar-refractivity contribution is 0.199. The number of aliphatic hydroxyl groups excluding tert-OH is 1. The summed E-state index contributed by atoms with van der Waals surface area (Å²) in [6.45, 7) is 3.64. The number of rotatable bonds is 5. The highest BCUT2D eigenvalue weighted by atomic mass is 32.2. The molecule has 1 spiro atoms. The van der Waals surface area contributed by atoms with Crippen molar-refractivity contribution in [3.8, 4) is 5.75 Å². The highest BCUT2D eigenvalue weighted by Crippen LogP contribution is 2.63. The molecule has 2 aliphatic heterocycles. The van der Waals surface area contributed by atoms with Crippen LogP contribution in [0, 0.1) is 6.92 Å². The van der Waals surface area contributed by atoms with E-state index in [4.69, 9.17) is 8.94 Å². The first-order valence-corrected chi connectivity index (χ1v) is 17.5. The largest absolute Gasteiger partial charge is 0.437 e. The summed E-state index contributed by atoms with van der Waals surface area (Å²) >= 11 is 1.81. The van der Waals surface area contributed by atoms with E-state index in [0.29, 0.717) is 21.9 Å². The molecule has 230 valence electrons. The third-order valence-electron chi connectivity index (χ3n) is 8.98. The Labute approximate surface area is 266 Å². The van der Waals surface area contributed by atoms with Gasteiger partial charge in [0.2, 0.25) is 0 Å². The lowest BCUT2D eigenvalue weighted by Gasteiger charge is -2.41. The summed E-state index contributed by atoms with van der Waals surface area (Å²) < 4.78 is 27.5. The molecule has 0 aliphatic carbocycles. The second kappa shape index (κ2) is 10.5. The predicted molar refractivity (Wildman–Crippen MR) is 185 cm³/mol. The number of nitrogens with zero attached hydrogens (tertiary/aromatic N) is 2. The highest BCUT2D eigenvalue weighted by molar-refractivity contribution is 8.00. The smallest absolute Gasteiger partial charge is 0.336 e. The molecule has 1 N–H and O–H groups in total. The number of thioether (sulfide) groups is 1. The number of hydrogen-bond acceptors (Lipinski definition) is 8. The summed E-state index contributed by atoms with van der Waals surface area (Å²) in [6, 6.07) is 25.3. The zero-order chi connectivity index (χ0) is 31.8. The van der Waals surface area contributed by atoms with Crippen molar-refractivity contribution in [2.24, 2.45) is 0 Å². The van der Waals surface area contributed by atoms with Gasteiger partial charge in [-0.15, -0.1) is 11.8 Å². The van der Waals surface area contributed by atoms with Crippen molar-refractivity contribution in [1.29, 1.82) is 0 Å². The molecule has 7 rings (SSSR count). The second-order valence-corrected chi connectivity index (χ2v) is 15.7. The molecule has 7 nitrogen and oxygen atoms in total. The van der Waals surface area contributed by atoms with Crippen LogP contribution in [0.3, 0.4) is 0 Å². The molecule has 0 amide bonds. The van der Waals surface area contributed by atoms with Crippen molar-refractivity contribution in [1.82, 2.24) is 0 Å². The van der Waals surface area contributed by atoms with Crippen molar-refractivity contribution >= 4 is 52.1 Å². The summed E-state index contributed by atoms with van der Waals surface area (Å²) in [5.41, 5.74) is 7.58. The maximum absolute atomic E-state index is 15.9. The van der Waals surface area contributed by atoms with E-state index in [1.807, 2.05) is 69.2 Å². The number of aryl methyl sites for hydroxylation is 1. The van der Waals surface area contributed by atoms with E-state index < -0.39 is 23.8 Å². The van der Waals surface area contributed by atoms with Crippen LogP contribution in [-0.2, 0) is 15.1 Å². The van der Waals surface area contributed by atoms with Gasteiger partial charge in [-0.3, -0.25) is 4.57 Å². The van der Waals surface area contributed by atoms with Crippen LogP contribution in [0.4, 0.5) is 11.4 Å². The molecule has 0 radical (unpaired) electrons. The van der Waals surface area contributed by atoms with Crippen LogP contribution < -0.4 is 30.6 Å². The third kappa shape index (κ3) is 4.53. The van der Waals surface area contributed by atoms with E-state index in [-0.39, 0.29) is 0 Å². The fraction of sp³-hybridized carbons (Fsp3) is 0.250. The second-order valence-electron chi connectivity index (χ2n) is 12.3. The molecule has 1 atom stereocenters. The van der Waals surface area contributed by atoms with Gasteiger partial charge in [0.1, 0.15) is 11.3 Å². The normalized spacial score (nSPS) is 20.4. The van der Waals surface area contributed by atoms with Gasteiger partial charge < -0.3 is 23.8 Å². The fourth-order valence-corrected chi connectivity index (χ4v) is 11.0. The van der Waals surface area contributed by atoms with Gasteiger partial charge >= 0.3 is 13.0 Å². The summed E-state index contributed by atoms with van der Waals surface area (Å²) in [4.78, 5) is 16.2. The zero-order valence-electron chi connectivity index (χ0n) is 26.1. The van der Waals surface area contributed by atoms with Crippen molar-refractivity contribution in [2.75, 3.05) is 38.0 Å². The summed E-state index contributed by atoms with van der Waals surface area (Å²) in [5.74, 6) is 1.10. The molecule has 9 heteroatoms. The van der Waals surface area contributed by atoms with E-state index >= 15 is 4.57 Å². The van der Waals surface area contributed by atoms with Gasteiger partial charge in [0.25, 0.3) is 0 Å². The zero-order valence-corrected chi connectivity index (χ0v) is 27.8. The van der Waals surface area contributed by atoms with Crippen LogP contribution in [0.25, 0.3) is 11.0 Å². The van der Waals surface area contributed by atoms with Gasteiger partial charge in [-0.05, 0) is 83.6 Å². The molecule has 0 saturated carbocycles. The van der Waals surface area contributed by atoms with E-state index in [1.165, 1.54) is 6.07 Å². The lowest BCUT2D eigenvalue weighted by atomic mass is 9.81. The average molecular weight is 639 g/mol. The standard InChI is InChI=1S/C36H35N2O5PS/c1-21-15-35(40)42-32-19-27(10-11-28(21)32)43-44(41)33-17-25(37(3)4)8-13-30(33)36(31-14-9-26(38(5)6)18-34(31)44)29-12-7-23(22(2)39)16-24(29)20-45-36/h7-19,22,39H,20H2,1-6H3. The van der Waals surface area contributed by atoms with Crippen LogP contribution in [0.2, 0.25) is 0 Å². The number of benzene rings is 4. The molecule has 5 aromatic rings. The minimum atomic E-state index is -3.79. The van der Waals surface area contributed by atoms with E-state index in [1.54, 1.807) is 30.8 Å². The van der Waals surface area contributed by atoms with Gasteiger partial charge in [0, 0.05) is 62.8 Å². The van der Waals surface area contributed by atoms with Gasteiger partial charge in [0.05, 0.1) is 21.5 Å². The number of fused-ring (bicyclic) bond motifs is 7. The van der Waals surface area contributed by atoms with Crippen molar-refractivity contribution in [3.05, 3.63) is 123 Å². The van der Waals surface area contributed by atoms with Crippen molar-refractivity contribution < 1.29 is 18.6 Å². The van der Waals surface area contributed by atoms with Gasteiger partial charge in [-0.1, -0.05) is 30.3 Å². The van der Waals surface area contributed by atoms with Crippen LogP contribution in [0.15, 0.2) is 88.1 Å². The van der Waals surface area contributed by atoms with E-state index in [0.717, 1.165) is 55.9 Å². The summed E-state index contributed by atoms with van der Waals surface area (Å²) in [6.07, 6.45) is -0.572. The van der Waals surface area contributed by atoms with Crippen LogP contribution in [0.1, 0.15) is 46.4 Å². The van der Waals surface area contributed by atoms with Gasteiger partial charge in [-0.25, -0.2) is 4.79 Å². The van der Waals surface area contributed by atoms with Crippen LogP contribution in [0.5, 0.6) is 5.75 Å². The Kier molecular flexibility index (Phi) is 6.97. The molecular formula is C36H35N2O5PS. The van der Waals surface area contributed by atoms with Crippen molar-refractivity contribution in [3.63, 3.8) is 0 Å². The van der Waals surface area contributed by atoms with Crippen LogP contribution in [-0.4, -0.2) is 33.3 Å². The first kappa shape index (κ1) is 29.7. The Morgan fingerprint density at radius 3 is 2.09 bits per heavy atom. The van der Waals surface area contributed by atoms with Gasteiger partial charge in [0.15, 0.2) is 0 Å². The summed E-state index contributed by atoms with van der Waals surface area (Å²) in [7, 11) is 4.08. The number of aliphatic hydroxyl groups is 1. The minimum absolute atomic E-state index is 0.360. The molecule has 0 saturated heterocycles. The van der Waals surface area contributed by atoms with E-state index in [2.05, 4.69) is 36.4 Å². The molecular weight excluding hydrogens is 603 g/mol. The Hall–Kier alpha value is -3.97. The molecule has 2 aliphatic rings. The Balaban J connectivity index is 1.52. The van der Waals surface area contributed by atoms with Gasteiger partial charge in [-0.2, -0.15) is 0 Å². The number of hydrogen-bond donors (Lipinski definition) is 1. The highest BCUT2D eigenvalue weighted by Gasteiger charge is 2.54. The van der Waals surface area contributed by atoms with Crippen LogP contribution >= 0.6 is 19.1 Å². The predicted octanol–water partition coefficient (Wildman–Crippen LogP) is 6.45. The molecule has 1 aromatic heterocycles. The third-order valence-corrected chi connectivity index (χ3v) is 13.0. The fourth-order valence-electron chi connectivity index (χ4n) is 6.61. The average Bonchev–Trinajstić information content (AvgIpc) is 3.38. The molecule has 1 unspecified atom stereocenters. The molecule has 0 bridgehead atoms. The first-order chi connectivity index (χ1) is 21.4. The molecule has 3 heterocycles. The molecule has 45 heavy (non-hydrogen) atoms. The SMILES string of the molecule is Cc1cc(=O)oc2cc(OP3(=O)c4cc(N(C)C)ccc4C4(SCc5cc(C(C)O)ccc54)c4ccc(N(C)C)cc43)ccc12. The lowest BCUT2D eigenvalue weighted by Crippen LogP contribution is -2.42. The van der Waals surface area contributed by atoms with E-state index in [9.17, 15) is 9.90 Å². The minimum Gasteiger partial charge on any atom is -0.437 e.